The van der Waals surface area contributed by atoms with Gasteiger partial charge < -0.3 is 24.6 Å². The first-order valence-corrected chi connectivity index (χ1v) is 11.0. The molecule has 3 atom stereocenters. The number of aliphatic carboxylic acids is 1. The van der Waals surface area contributed by atoms with Crippen molar-refractivity contribution in [2.45, 2.75) is 64.1 Å². The molecule has 1 fully saturated rings. The van der Waals surface area contributed by atoms with Gasteiger partial charge in [0.25, 0.3) is 0 Å². The first-order valence-electron chi connectivity index (χ1n) is 9.86. The van der Waals surface area contributed by atoms with Crippen LogP contribution in [0.25, 0.3) is 0 Å². The van der Waals surface area contributed by atoms with Crippen LogP contribution in [-0.4, -0.2) is 53.2 Å². The fourth-order valence-electron chi connectivity index (χ4n) is 2.80. The summed E-state index contributed by atoms with van der Waals surface area (Å²) in [6.07, 6.45) is 1.76. The molecule has 1 heterocycles. The summed E-state index contributed by atoms with van der Waals surface area (Å²) in [7, 11) is 0. The van der Waals surface area contributed by atoms with Crippen LogP contribution >= 0.6 is 11.8 Å². The molecule has 1 aromatic carbocycles. The van der Waals surface area contributed by atoms with Crippen molar-refractivity contribution in [1.29, 1.82) is 0 Å². The Morgan fingerprint density at radius 2 is 1.97 bits per heavy atom. The Morgan fingerprint density at radius 3 is 2.55 bits per heavy atom. The predicted octanol–water partition coefficient (Wildman–Crippen LogP) is 3.98. The summed E-state index contributed by atoms with van der Waals surface area (Å²) < 4.78 is 17.0. The van der Waals surface area contributed by atoms with Gasteiger partial charge in [-0.15, -0.1) is 0 Å². The van der Waals surface area contributed by atoms with Crippen LogP contribution in [0.2, 0.25) is 0 Å². The zero-order valence-corrected chi connectivity index (χ0v) is 18.1. The lowest BCUT2D eigenvalue weighted by atomic mass is 10.1. The number of benzene rings is 1. The van der Waals surface area contributed by atoms with E-state index in [0.29, 0.717) is 12.4 Å². The number of rotatable bonds is 9. The van der Waals surface area contributed by atoms with Crippen LogP contribution in [0.1, 0.15) is 51.7 Å². The van der Waals surface area contributed by atoms with Gasteiger partial charge in [-0.3, -0.25) is 0 Å². The molecule has 0 bridgehead atoms. The van der Waals surface area contributed by atoms with E-state index in [9.17, 15) is 14.7 Å². The lowest BCUT2D eigenvalue weighted by molar-refractivity contribution is -0.185. The molecule has 0 radical (unpaired) electrons. The quantitative estimate of drug-likeness (QED) is 0.618. The van der Waals surface area contributed by atoms with Crippen LogP contribution in [0.5, 0.6) is 0 Å². The molecule has 2 unspecified atom stereocenters. The summed E-state index contributed by atoms with van der Waals surface area (Å²) in [4.78, 5) is 23.4. The van der Waals surface area contributed by atoms with E-state index in [0.717, 1.165) is 24.8 Å². The molecule has 1 amide bonds. The zero-order valence-electron chi connectivity index (χ0n) is 17.3. The Kier molecular flexibility index (Phi) is 9.26. The highest BCUT2D eigenvalue weighted by molar-refractivity contribution is 7.99. The van der Waals surface area contributed by atoms with E-state index in [4.69, 9.17) is 14.2 Å². The summed E-state index contributed by atoms with van der Waals surface area (Å²) >= 11 is 1.41. The van der Waals surface area contributed by atoms with Gasteiger partial charge in [0.2, 0.25) is 0 Å². The number of ether oxygens (including phenoxy) is 3. The number of thioether (sulfide) groups is 1. The van der Waals surface area contributed by atoms with Gasteiger partial charge in [0.05, 0.1) is 6.10 Å². The molecule has 162 valence electrons. The summed E-state index contributed by atoms with van der Waals surface area (Å²) in [5.41, 5.74) is 0.327. The Morgan fingerprint density at radius 1 is 1.24 bits per heavy atom. The molecule has 8 heteroatoms. The molecular weight excluding hydrogens is 394 g/mol. The van der Waals surface area contributed by atoms with Crippen LogP contribution < -0.4 is 5.32 Å². The fourth-order valence-corrected chi connectivity index (χ4v) is 3.88. The minimum atomic E-state index is -1.10. The van der Waals surface area contributed by atoms with E-state index in [1.807, 2.05) is 30.3 Å². The van der Waals surface area contributed by atoms with E-state index in [-0.39, 0.29) is 18.1 Å². The van der Waals surface area contributed by atoms with Crippen molar-refractivity contribution < 1.29 is 28.9 Å². The maximum atomic E-state index is 11.9. The zero-order chi connectivity index (χ0) is 21.3. The second-order valence-corrected chi connectivity index (χ2v) is 8.98. The van der Waals surface area contributed by atoms with E-state index < -0.39 is 23.7 Å². The van der Waals surface area contributed by atoms with Crippen LogP contribution in [0, 0.1) is 0 Å². The van der Waals surface area contributed by atoms with Crippen molar-refractivity contribution in [3.05, 3.63) is 35.9 Å². The maximum Gasteiger partial charge on any atom is 0.408 e. The Labute approximate surface area is 176 Å². The van der Waals surface area contributed by atoms with Crippen molar-refractivity contribution in [3.8, 4) is 0 Å². The van der Waals surface area contributed by atoms with Gasteiger partial charge in [-0.05, 0) is 45.6 Å². The summed E-state index contributed by atoms with van der Waals surface area (Å²) in [5, 5.41) is 11.8. The second kappa shape index (κ2) is 11.4. The molecule has 0 aromatic heterocycles. The molecule has 1 aromatic rings. The molecule has 2 rings (SSSR count). The number of hydrogen-bond donors (Lipinski definition) is 2. The van der Waals surface area contributed by atoms with E-state index in [2.05, 4.69) is 5.32 Å². The Bertz CT molecular complexity index is 642. The summed E-state index contributed by atoms with van der Waals surface area (Å²) in [5.74, 6) is -0.354. The van der Waals surface area contributed by atoms with Gasteiger partial charge >= 0.3 is 12.1 Å². The standard InChI is InChI=1S/C21H31NO6S/c1-21(2,3)28-20(25)22-16(19(23)24)13-29-14-17(15-9-5-4-6-10-15)27-18-11-7-8-12-26-18/h4-6,9-10,16-18H,7-8,11-14H2,1-3H3,(H,22,25)(H,23,24)/t16-,17?,18?/m0/s1. The Hall–Kier alpha value is -1.77. The molecule has 2 N–H and O–H groups in total. The first-order chi connectivity index (χ1) is 13.7. The second-order valence-electron chi connectivity index (χ2n) is 7.91. The van der Waals surface area contributed by atoms with Crippen LogP contribution in [0.15, 0.2) is 30.3 Å². The van der Waals surface area contributed by atoms with Gasteiger partial charge in [-0.2, -0.15) is 11.8 Å². The lowest BCUT2D eigenvalue weighted by Crippen LogP contribution is -2.45. The topological polar surface area (TPSA) is 94.1 Å². The largest absolute Gasteiger partial charge is 0.480 e. The molecule has 7 nitrogen and oxygen atoms in total. The molecule has 0 spiro atoms. The number of carboxylic acids is 1. The van der Waals surface area contributed by atoms with Crippen LogP contribution in [0.4, 0.5) is 4.79 Å². The minimum absolute atomic E-state index is 0.201. The third kappa shape index (κ3) is 9.06. The maximum absolute atomic E-state index is 11.9. The highest BCUT2D eigenvalue weighted by atomic mass is 32.2. The van der Waals surface area contributed by atoms with E-state index in [1.54, 1.807) is 20.8 Å². The first kappa shape index (κ1) is 23.5. The van der Waals surface area contributed by atoms with Crippen LogP contribution in [0.3, 0.4) is 0 Å². The number of nitrogens with one attached hydrogen (secondary N) is 1. The average Bonchev–Trinajstić information content (AvgIpc) is 2.66. The monoisotopic (exact) mass is 425 g/mol. The van der Waals surface area contributed by atoms with Gasteiger partial charge in [0.1, 0.15) is 11.6 Å². The van der Waals surface area contributed by atoms with Crippen molar-refractivity contribution >= 4 is 23.8 Å². The average molecular weight is 426 g/mol. The highest BCUT2D eigenvalue weighted by Crippen LogP contribution is 2.27. The number of carbonyl (C=O) groups excluding carboxylic acids is 1. The number of amides is 1. The molecule has 1 aliphatic rings. The number of hydrogen-bond acceptors (Lipinski definition) is 6. The number of carbonyl (C=O) groups is 2. The SMILES string of the molecule is CC(C)(C)OC(=O)N[C@@H](CSCC(OC1CCCCO1)c1ccccc1)C(=O)O. The molecular formula is C21H31NO6S. The molecule has 0 saturated carbocycles. The van der Waals surface area contributed by atoms with Gasteiger partial charge in [-0.25, -0.2) is 9.59 Å². The Balaban J connectivity index is 1.92. The third-order valence-electron chi connectivity index (χ3n) is 4.17. The minimum Gasteiger partial charge on any atom is -0.480 e. The normalized spacial score (nSPS) is 19.2. The van der Waals surface area contributed by atoms with E-state index >= 15 is 0 Å². The van der Waals surface area contributed by atoms with Gasteiger partial charge in [-0.1, -0.05) is 30.3 Å². The van der Waals surface area contributed by atoms with Crippen molar-refractivity contribution in [3.63, 3.8) is 0 Å². The summed E-state index contributed by atoms with van der Waals surface area (Å²) in [6, 6.07) is 8.77. The smallest absolute Gasteiger partial charge is 0.408 e. The number of alkyl carbamates (subject to hydrolysis) is 1. The van der Waals surface area contributed by atoms with Gasteiger partial charge in [0, 0.05) is 18.1 Å². The molecule has 1 saturated heterocycles. The van der Waals surface area contributed by atoms with E-state index in [1.165, 1.54) is 11.8 Å². The van der Waals surface area contributed by atoms with Crippen LogP contribution in [-0.2, 0) is 19.0 Å². The third-order valence-corrected chi connectivity index (χ3v) is 5.28. The van der Waals surface area contributed by atoms with Gasteiger partial charge in [0.15, 0.2) is 6.29 Å². The lowest BCUT2D eigenvalue weighted by Gasteiger charge is -2.28. The van der Waals surface area contributed by atoms with Crippen molar-refractivity contribution in [2.24, 2.45) is 0 Å². The van der Waals surface area contributed by atoms with Crippen molar-refractivity contribution in [2.75, 3.05) is 18.1 Å². The number of carboxylic acid groups (broad SMARTS) is 1. The predicted molar refractivity (Wildman–Crippen MR) is 112 cm³/mol. The highest BCUT2D eigenvalue weighted by Gasteiger charge is 2.26. The summed E-state index contributed by atoms with van der Waals surface area (Å²) in [6.45, 7) is 5.88. The molecule has 1 aliphatic heterocycles. The molecule has 0 aliphatic carbocycles. The fraction of sp³-hybridized carbons (Fsp3) is 0.619. The molecule has 29 heavy (non-hydrogen) atoms. The van der Waals surface area contributed by atoms with Crippen molar-refractivity contribution in [1.82, 2.24) is 5.32 Å².